The summed E-state index contributed by atoms with van der Waals surface area (Å²) in [5.41, 5.74) is 0. The Balaban J connectivity index is 2.53. The first-order chi connectivity index (χ1) is 25.4. The highest BCUT2D eigenvalue weighted by atomic mass is 31.2. The molecule has 14 heteroatoms. The van der Waals surface area contributed by atoms with Crippen LogP contribution >= 0.6 is 7.82 Å². The van der Waals surface area contributed by atoms with E-state index in [1.54, 1.807) is 0 Å². The fourth-order valence-corrected chi connectivity index (χ4v) is 6.94. The maximum absolute atomic E-state index is 12.7. The van der Waals surface area contributed by atoms with Crippen LogP contribution in [0.4, 0.5) is 0 Å². The van der Waals surface area contributed by atoms with Gasteiger partial charge in [0.1, 0.15) is 43.2 Å². The van der Waals surface area contributed by atoms with E-state index >= 15 is 0 Å². The minimum Gasteiger partial charge on any atom is -0.462 e. The number of rotatable bonds is 32. The van der Waals surface area contributed by atoms with Gasteiger partial charge in [0.05, 0.1) is 6.61 Å². The molecule has 0 radical (unpaired) electrons. The average molecular weight is 779 g/mol. The van der Waals surface area contributed by atoms with Crippen LogP contribution in [0.15, 0.2) is 24.3 Å². The summed E-state index contributed by atoms with van der Waals surface area (Å²) in [4.78, 5) is 35.4. The molecular weight excluding hydrogens is 707 g/mol. The zero-order valence-electron chi connectivity index (χ0n) is 32.3. The third-order valence-corrected chi connectivity index (χ3v) is 10.3. The Morgan fingerprint density at radius 1 is 0.585 bits per heavy atom. The maximum Gasteiger partial charge on any atom is 0.472 e. The minimum absolute atomic E-state index is 0.0826. The van der Waals surface area contributed by atoms with Gasteiger partial charge in [0.15, 0.2) is 6.10 Å². The lowest BCUT2D eigenvalue weighted by Gasteiger charge is -2.41. The highest BCUT2D eigenvalue weighted by molar-refractivity contribution is 7.47. The van der Waals surface area contributed by atoms with Crippen LogP contribution in [0, 0.1) is 0 Å². The Labute approximate surface area is 317 Å². The molecule has 0 spiro atoms. The molecule has 13 nitrogen and oxygen atoms in total. The van der Waals surface area contributed by atoms with Crippen LogP contribution in [0.5, 0.6) is 0 Å². The number of carbonyl (C=O) groups excluding carboxylic acids is 2. The maximum atomic E-state index is 12.7. The second-order valence-corrected chi connectivity index (χ2v) is 15.5. The summed E-state index contributed by atoms with van der Waals surface area (Å²) in [6.07, 6.45) is 16.9. The molecule has 8 atom stereocenters. The molecule has 0 amide bonds. The lowest BCUT2D eigenvalue weighted by molar-refractivity contribution is -0.220. The van der Waals surface area contributed by atoms with Gasteiger partial charge >= 0.3 is 19.8 Å². The predicted molar refractivity (Wildman–Crippen MR) is 203 cm³/mol. The first-order valence-corrected chi connectivity index (χ1v) is 21.6. The van der Waals surface area contributed by atoms with Gasteiger partial charge < -0.3 is 39.9 Å². The zero-order valence-corrected chi connectivity index (χ0v) is 33.2. The molecule has 53 heavy (non-hydrogen) atoms. The van der Waals surface area contributed by atoms with Crippen molar-refractivity contribution >= 4 is 19.8 Å². The standard InChI is InChI=1S/C39H71O13P/c1-3-5-7-9-11-13-14-15-16-17-18-20-22-24-26-28-33(41)51-31(29-49-32(40)27-25-23-21-19-12-10-8-6-4-2)30-50-53(47,48)52-39-37(45)35(43)34(42)36(44)38(39)46/h11,13,15-16,31,34-39,42-46H,3-10,12,14,17-30H2,1-2H3,(H,47,48)/b13-11+,16-15+/t31-,34?,35+,36?,37?,38?,39?/m1/s1. The van der Waals surface area contributed by atoms with Crippen LogP contribution in [-0.4, -0.2) is 98.3 Å². The van der Waals surface area contributed by atoms with E-state index in [0.717, 1.165) is 64.2 Å². The predicted octanol–water partition coefficient (Wildman–Crippen LogP) is 6.50. The molecule has 0 saturated heterocycles. The Hall–Kier alpha value is -1.67. The first kappa shape index (κ1) is 49.3. The van der Waals surface area contributed by atoms with Gasteiger partial charge in [-0.2, -0.15) is 0 Å². The van der Waals surface area contributed by atoms with E-state index in [1.807, 2.05) is 0 Å². The van der Waals surface area contributed by atoms with E-state index in [2.05, 4.69) is 38.2 Å². The number of aliphatic hydroxyl groups excluding tert-OH is 5. The summed E-state index contributed by atoms with van der Waals surface area (Å²) in [5.74, 6) is -1.12. The quantitative estimate of drug-likeness (QED) is 0.0187. The highest BCUT2D eigenvalue weighted by Crippen LogP contribution is 2.47. The van der Waals surface area contributed by atoms with Gasteiger partial charge in [-0.3, -0.25) is 18.6 Å². The number of phosphoric ester groups is 1. The third kappa shape index (κ3) is 23.8. The monoisotopic (exact) mass is 778 g/mol. The topological polar surface area (TPSA) is 210 Å². The lowest BCUT2D eigenvalue weighted by Crippen LogP contribution is -2.64. The van der Waals surface area contributed by atoms with Crippen LogP contribution < -0.4 is 0 Å². The molecule has 0 aromatic heterocycles. The smallest absolute Gasteiger partial charge is 0.462 e. The molecule has 0 heterocycles. The number of esters is 2. The first-order valence-electron chi connectivity index (χ1n) is 20.1. The third-order valence-electron chi connectivity index (χ3n) is 9.30. The van der Waals surface area contributed by atoms with Crippen molar-refractivity contribution in [2.24, 2.45) is 0 Å². The van der Waals surface area contributed by atoms with Gasteiger partial charge in [-0.1, -0.05) is 122 Å². The van der Waals surface area contributed by atoms with E-state index in [1.165, 1.54) is 51.4 Å². The van der Waals surface area contributed by atoms with Gasteiger partial charge in [0.25, 0.3) is 0 Å². The van der Waals surface area contributed by atoms with Crippen molar-refractivity contribution in [3.05, 3.63) is 24.3 Å². The normalized spacial score (nSPS) is 23.7. The molecular formula is C39H71O13P. The Kier molecular flexibility index (Phi) is 28.4. The number of aliphatic hydroxyl groups is 5. The molecule has 1 fully saturated rings. The number of allylic oxidation sites excluding steroid dienone is 4. The second-order valence-electron chi connectivity index (χ2n) is 14.1. The fraction of sp³-hybridized carbons (Fsp3) is 0.846. The number of hydrogen-bond acceptors (Lipinski definition) is 12. The molecule has 1 rings (SSSR count). The molecule has 1 aliphatic carbocycles. The SMILES string of the molecule is CCCCC/C=C/C/C=C/CCCCCCCC(=O)O[C@H](COC(=O)CCCCCCCCCCC)COP(=O)(O)OC1C(O)C(O)C(O)[C@H](O)C1O. The summed E-state index contributed by atoms with van der Waals surface area (Å²) in [7, 11) is -5.11. The summed E-state index contributed by atoms with van der Waals surface area (Å²) in [6, 6.07) is 0. The number of ether oxygens (including phenoxy) is 2. The Morgan fingerprint density at radius 2 is 1.02 bits per heavy atom. The van der Waals surface area contributed by atoms with E-state index in [0.29, 0.717) is 12.8 Å². The number of carbonyl (C=O) groups is 2. The van der Waals surface area contributed by atoms with Crippen molar-refractivity contribution in [1.82, 2.24) is 0 Å². The van der Waals surface area contributed by atoms with Crippen molar-refractivity contribution in [3.63, 3.8) is 0 Å². The van der Waals surface area contributed by atoms with Crippen molar-refractivity contribution < 1.29 is 63.1 Å². The van der Waals surface area contributed by atoms with Crippen molar-refractivity contribution in [1.29, 1.82) is 0 Å². The van der Waals surface area contributed by atoms with Crippen LogP contribution in [0.25, 0.3) is 0 Å². The van der Waals surface area contributed by atoms with Crippen molar-refractivity contribution in [2.45, 2.75) is 198 Å². The second kappa shape index (κ2) is 30.5. The summed E-state index contributed by atoms with van der Waals surface area (Å²) in [5, 5.41) is 49.9. The van der Waals surface area contributed by atoms with E-state index in [9.17, 15) is 44.6 Å². The molecule has 0 aromatic carbocycles. The Morgan fingerprint density at radius 3 is 1.57 bits per heavy atom. The molecule has 0 aliphatic heterocycles. The van der Waals surface area contributed by atoms with E-state index in [4.69, 9.17) is 18.5 Å². The highest BCUT2D eigenvalue weighted by Gasteiger charge is 2.51. The zero-order chi connectivity index (χ0) is 39.3. The van der Waals surface area contributed by atoms with Gasteiger partial charge in [0.2, 0.25) is 0 Å². The molecule has 310 valence electrons. The molecule has 6 unspecified atom stereocenters. The van der Waals surface area contributed by atoms with Crippen molar-refractivity contribution in [3.8, 4) is 0 Å². The molecule has 0 bridgehead atoms. The van der Waals surface area contributed by atoms with Crippen molar-refractivity contribution in [2.75, 3.05) is 13.2 Å². The number of phosphoric acid groups is 1. The minimum atomic E-state index is -5.11. The molecule has 6 N–H and O–H groups in total. The van der Waals surface area contributed by atoms with Crippen LogP contribution in [-0.2, 0) is 32.7 Å². The van der Waals surface area contributed by atoms with Crippen LogP contribution in [0.2, 0.25) is 0 Å². The van der Waals surface area contributed by atoms with Crippen LogP contribution in [0.1, 0.15) is 155 Å². The van der Waals surface area contributed by atoms with E-state index in [-0.39, 0.29) is 12.8 Å². The summed E-state index contributed by atoms with van der Waals surface area (Å²) in [6.45, 7) is 3.20. The Bertz CT molecular complexity index is 1040. The van der Waals surface area contributed by atoms with Gasteiger partial charge in [-0.15, -0.1) is 0 Å². The van der Waals surface area contributed by atoms with Crippen LogP contribution in [0.3, 0.4) is 0 Å². The van der Waals surface area contributed by atoms with E-state index < -0.39 is 75.7 Å². The summed E-state index contributed by atoms with van der Waals surface area (Å²) < 4.78 is 33.3. The molecule has 1 aliphatic rings. The van der Waals surface area contributed by atoms with Gasteiger partial charge in [-0.05, 0) is 44.9 Å². The largest absolute Gasteiger partial charge is 0.472 e. The number of hydrogen-bond donors (Lipinski definition) is 6. The summed E-state index contributed by atoms with van der Waals surface area (Å²) >= 11 is 0. The number of unbranched alkanes of at least 4 members (excludes halogenated alkanes) is 16. The van der Waals surface area contributed by atoms with Gasteiger partial charge in [-0.25, -0.2) is 4.57 Å². The molecule has 0 aromatic rings. The van der Waals surface area contributed by atoms with Gasteiger partial charge in [0, 0.05) is 12.8 Å². The fourth-order valence-electron chi connectivity index (χ4n) is 5.96. The lowest BCUT2D eigenvalue weighted by atomic mass is 9.85. The molecule has 1 saturated carbocycles. The average Bonchev–Trinajstić information content (AvgIpc) is 3.13.